The average molecular weight is 237 g/mol. The lowest BCUT2D eigenvalue weighted by molar-refractivity contribution is 0.316. The minimum atomic E-state index is 1.06. The Bertz CT molecular complexity index is 233. The predicted octanol–water partition coefficient (Wildman–Crippen LogP) is 4.84. The molecule has 0 aromatic rings. The summed E-state index contributed by atoms with van der Waals surface area (Å²) in [7, 11) is 0. The average Bonchev–Trinajstić information content (AvgIpc) is 2.38. The maximum absolute atomic E-state index is 5.37. The monoisotopic (exact) mass is 237 g/mol. The summed E-state index contributed by atoms with van der Waals surface area (Å²) in [6, 6.07) is 0. The van der Waals surface area contributed by atoms with E-state index in [0.29, 0.717) is 0 Å². The van der Waals surface area contributed by atoms with Crippen LogP contribution in [0.15, 0.2) is 24.4 Å². The van der Waals surface area contributed by atoms with Crippen molar-refractivity contribution in [3.63, 3.8) is 0 Å². The van der Waals surface area contributed by atoms with Gasteiger partial charge in [0, 0.05) is 18.8 Å². The minimum absolute atomic E-state index is 1.06. The number of allylic oxidation sites excluding steroid dienone is 1. The van der Waals surface area contributed by atoms with Gasteiger partial charge in [0.1, 0.15) is 12.0 Å². The zero-order chi connectivity index (χ0) is 12.2. The molecular weight excluding hydrogens is 210 g/mol. The lowest BCUT2D eigenvalue weighted by Crippen LogP contribution is -2.02. The molecule has 0 aromatic carbocycles. The number of ether oxygens (including phenoxy) is 1. The van der Waals surface area contributed by atoms with Gasteiger partial charge in [-0.15, -0.1) is 0 Å². The highest BCUT2D eigenvalue weighted by molar-refractivity contribution is 5.00. The van der Waals surface area contributed by atoms with Gasteiger partial charge in [0.2, 0.25) is 0 Å². The zero-order valence-electron chi connectivity index (χ0n) is 11.2. The van der Waals surface area contributed by atoms with Crippen molar-refractivity contribution in [2.24, 2.45) is 0 Å². The first-order valence-corrected chi connectivity index (χ1v) is 7.20. The molecule has 0 bridgehead atoms. The van der Waals surface area contributed by atoms with Gasteiger partial charge in [-0.05, 0) is 6.42 Å². The van der Waals surface area contributed by atoms with E-state index in [2.05, 4.69) is 12.2 Å². The maximum Gasteiger partial charge on any atom is 0.119 e. The molecule has 0 fully saturated rings. The Balaban J connectivity index is 1.80. The smallest absolute Gasteiger partial charge is 0.119 e. The van der Waals surface area contributed by atoms with Crippen LogP contribution < -0.4 is 5.32 Å². The summed E-state index contributed by atoms with van der Waals surface area (Å²) in [6.45, 7) is 2.27. The lowest BCUT2D eigenvalue weighted by atomic mass is 10.1. The SMILES string of the molecule is CCCCCCCCCCCC1=CNC=CO1. The van der Waals surface area contributed by atoms with E-state index in [4.69, 9.17) is 4.74 Å². The fourth-order valence-corrected chi connectivity index (χ4v) is 2.08. The summed E-state index contributed by atoms with van der Waals surface area (Å²) in [5, 5.41) is 3.05. The first-order chi connectivity index (χ1) is 8.43. The molecule has 0 saturated carbocycles. The molecule has 2 nitrogen and oxygen atoms in total. The molecular formula is C15H27NO. The lowest BCUT2D eigenvalue weighted by Gasteiger charge is -2.10. The van der Waals surface area contributed by atoms with Gasteiger partial charge in [-0.2, -0.15) is 0 Å². The van der Waals surface area contributed by atoms with Crippen LogP contribution in [0.3, 0.4) is 0 Å². The molecule has 0 unspecified atom stereocenters. The van der Waals surface area contributed by atoms with E-state index in [1.807, 2.05) is 6.20 Å². The van der Waals surface area contributed by atoms with Crippen molar-refractivity contribution in [2.45, 2.75) is 71.1 Å². The minimum Gasteiger partial charge on any atom is -0.466 e. The van der Waals surface area contributed by atoms with Crippen molar-refractivity contribution in [3.8, 4) is 0 Å². The van der Waals surface area contributed by atoms with Crippen LogP contribution in [0.2, 0.25) is 0 Å². The molecule has 0 radical (unpaired) electrons. The summed E-state index contributed by atoms with van der Waals surface area (Å²) in [4.78, 5) is 0. The second kappa shape index (κ2) is 10.2. The first-order valence-electron chi connectivity index (χ1n) is 7.20. The quantitative estimate of drug-likeness (QED) is 0.549. The van der Waals surface area contributed by atoms with Crippen molar-refractivity contribution in [3.05, 3.63) is 24.4 Å². The van der Waals surface area contributed by atoms with Gasteiger partial charge in [-0.1, -0.05) is 58.3 Å². The topological polar surface area (TPSA) is 21.3 Å². The third kappa shape index (κ3) is 7.89. The second-order valence-electron chi connectivity index (χ2n) is 4.78. The zero-order valence-corrected chi connectivity index (χ0v) is 11.2. The van der Waals surface area contributed by atoms with Crippen molar-refractivity contribution < 1.29 is 4.74 Å². The molecule has 17 heavy (non-hydrogen) atoms. The van der Waals surface area contributed by atoms with E-state index >= 15 is 0 Å². The van der Waals surface area contributed by atoms with Crippen LogP contribution >= 0.6 is 0 Å². The van der Waals surface area contributed by atoms with Gasteiger partial charge >= 0.3 is 0 Å². The number of hydrogen-bond donors (Lipinski definition) is 1. The highest BCUT2D eigenvalue weighted by Crippen LogP contribution is 2.14. The van der Waals surface area contributed by atoms with E-state index in [0.717, 1.165) is 12.2 Å². The Labute approximate surface area is 106 Å². The standard InChI is InChI=1S/C15H27NO/c1-2-3-4-5-6-7-8-9-10-11-15-14-16-12-13-17-15/h12-14,16H,2-11H2,1H3. The molecule has 0 aromatic heterocycles. The van der Waals surface area contributed by atoms with E-state index in [1.165, 1.54) is 57.8 Å². The van der Waals surface area contributed by atoms with Crippen LogP contribution in [0, 0.1) is 0 Å². The van der Waals surface area contributed by atoms with Crippen LogP contribution in [0.4, 0.5) is 0 Å². The van der Waals surface area contributed by atoms with E-state index in [9.17, 15) is 0 Å². The van der Waals surface area contributed by atoms with Crippen molar-refractivity contribution >= 4 is 0 Å². The Kier molecular flexibility index (Phi) is 8.53. The molecule has 0 saturated heterocycles. The van der Waals surface area contributed by atoms with E-state index < -0.39 is 0 Å². The molecule has 1 aliphatic heterocycles. The Morgan fingerprint density at radius 1 is 0.941 bits per heavy atom. The Morgan fingerprint density at radius 3 is 2.18 bits per heavy atom. The van der Waals surface area contributed by atoms with Gasteiger partial charge in [0.05, 0.1) is 0 Å². The molecule has 1 rings (SSSR count). The molecule has 98 valence electrons. The molecule has 1 heterocycles. The third-order valence-corrected chi connectivity index (χ3v) is 3.15. The summed E-state index contributed by atoms with van der Waals surface area (Å²) in [6.07, 6.45) is 18.9. The second-order valence-corrected chi connectivity index (χ2v) is 4.78. The number of hydrogen-bond acceptors (Lipinski definition) is 2. The van der Waals surface area contributed by atoms with Crippen molar-refractivity contribution in [1.29, 1.82) is 0 Å². The fourth-order valence-electron chi connectivity index (χ4n) is 2.08. The van der Waals surface area contributed by atoms with Gasteiger partial charge in [-0.25, -0.2) is 0 Å². The molecule has 1 aliphatic rings. The number of nitrogens with one attached hydrogen (secondary N) is 1. The van der Waals surface area contributed by atoms with Gasteiger partial charge in [0.15, 0.2) is 0 Å². The maximum atomic E-state index is 5.37. The largest absolute Gasteiger partial charge is 0.466 e. The molecule has 0 aliphatic carbocycles. The highest BCUT2D eigenvalue weighted by Gasteiger charge is 1.99. The molecule has 1 N–H and O–H groups in total. The van der Waals surface area contributed by atoms with E-state index in [1.54, 1.807) is 12.5 Å². The summed E-state index contributed by atoms with van der Waals surface area (Å²) < 4.78 is 5.37. The van der Waals surface area contributed by atoms with Crippen molar-refractivity contribution in [2.75, 3.05) is 0 Å². The molecule has 0 atom stereocenters. The number of rotatable bonds is 10. The van der Waals surface area contributed by atoms with Crippen LogP contribution in [-0.2, 0) is 4.74 Å². The normalized spacial score (nSPS) is 14.1. The fraction of sp³-hybridized carbons (Fsp3) is 0.733. The van der Waals surface area contributed by atoms with Crippen LogP contribution in [0.25, 0.3) is 0 Å². The molecule has 0 amide bonds. The van der Waals surface area contributed by atoms with Crippen LogP contribution in [-0.4, -0.2) is 0 Å². The van der Waals surface area contributed by atoms with Gasteiger partial charge in [-0.3, -0.25) is 0 Å². The molecule has 0 spiro atoms. The first kappa shape index (κ1) is 14.1. The Hall–Kier alpha value is -0.920. The summed E-state index contributed by atoms with van der Waals surface area (Å²) in [5.74, 6) is 1.07. The van der Waals surface area contributed by atoms with Crippen LogP contribution in [0.5, 0.6) is 0 Å². The third-order valence-electron chi connectivity index (χ3n) is 3.15. The highest BCUT2D eigenvalue weighted by atomic mass is 16.5. The van der Waals surface area contributed by atoms with Gasteiger partial charge in [0.25, 0.3) is 0 Å². The van der Waals surface area contributed by atoms with Gasteiger partial charge < -0.3 is 10.1 Å². The van der Waals surface area contributed by atoms with Crippen LogP contribution in [0.1, 0.15) is 71.1 Å². The van der Waals surface area contributed by atoms with E-state index in [-0.39, 0.29) is 0 Å². The number of unbranched alkanes of at least 4 members (excludes halogenated alkanes) is 8. The summed E-state index contributed by atoms with van der Waals surface area (Å²) >= 11 is 0. The summed E-state index contributed by atoms with van der Waals surface area (Å²) in [5.41, 5.74) is 0. The van der Waals surface area contributed by atoms with Crippen molar-refractivity contribution in [1.82, 2.24) is 5.32 Å². The predicted molar refractivity (Wildman–Crippen MR) is 73.3 cm³/mol. The molecule has 2 heteroatoms. The Morgan fingerprint density at radius 2 is 1.59 bits per heavy atom.